The summed E-state index contributed by atoms with van der Waals surface area (Å²) in [4.78, 5) is 2.42. The zero-order valence-corrected chi connectivity index (χ0v) is 11.5. The van der Waals surface area contributed by atoms with E-state index in [9.17, 15) is 0 Å². The van der Waals surface area contributed by atoms with Crippen LogP contribution in [0.25, 0.3) is 0 Å². The smallest absolute Gasteiger partial charge is 0.0716 e. The van der Waals surface area contributed by atoms with Crippen LogP contribution >= 0.6 is 0 Å². The van der Waals surface area contributed by atoms with Gasteiger partial charge < -0.3 is 15.0 Å². The third-order valence-electron chi connectivity index (χ3n) is 3.47. The quantitative estimate of drug-likeness (QED) is 0.864. The van der Waals surface area contributed by atoms with E-state index in [1.807, 2.05) is 0 Å². The third-order valence-corrected chi connectivity index (χ3v) is 3.47. The van der Waals surface area contributed by atoms with Gasteiger partial charge in [0.25, 0.3) is 0 Å². The monoisotopic (exact) mass is 248 g/mol. The molecule has 1 atom stereocenters. The van der Waals surface area contributed by atoms with Crippen LogP contribution in [0.3, 0.4) is 0 Å². The zero-order chi connectivity index (χ0) is 12.8. The molecule has 0 radical (unpaired) electrons. The van der Waals surface area contributed by atoms with Crippen LogP contribution in [0.15, 0.2) is 24.3 Å². The van der Waals surface area contributed by atoms with E-state index in [1.54, 1.807) is 0 Å². The van der Waals surface area contributed by atoms with Gasteiger partial charge in [0.1, 0.15) is 0 Å². The summed E-state index contributed by atoms with van der Waals surface area (Å²) in [6.45, 7) is 9.29. The highest BCUT2D eigenvalue weighted by atomic mass is 16.5. The number of anilines is 1. The molecule has 100 valence electrons. The van der Waals surface area contributed by atoms with Gasteiger partial charge in [0.05, 0.1) is 12.7 Å². The molecule has 1 N–H and O–H groups in total. The fourth-order valence-corrected chi connectivity index (χ4v) is 2.40. The molecule has 0 amide bonds. The molecule has 3 nitrogen and oxygen atoms in total. The van der Waals surface area contributed by atoms with Crippen molar-refractivity contribution in [3.05, 3.63) is 29.8 Å². The lowest BCUT2D eigenvalue weighted by Gasteiger charge is -2.28. The van der Waals surface area contributed by atoms with Gasteiger partial charge in [-0.1, -0.05) is 12.1 Å². The van der Waals surface area contributed by atoms with Crippen molar-refractivity contribution in [1.29, 1.82) is 0 Å². The SMILES string of the molecule is CCN(CCC1CNCCO1)c1cccc(C)c1. The number of morpholine rings is 1. The molecule has 1 saturated heterocycles. The van der Waals surface area contributed by atoms with Crippen molar-refractivity contribution in [3.8, 4) is 0 Å². The van der Waals surface area contributed by atoms with Crippen LogP contribution in [0.1, 0.15) is 18.9 Å². The molecule has 1 aromatic carbocycles. The number of hydrogen-bond donors (Lipinski definition) is 1. The Morgan fingerprint density at radius 1 is 1.44 bits per heavy atom. The van der Waals surface area contributed by atoms with Crippen molar-refractivity contribution in [2.45, 2.75) is 26.4 Å². The van der Waals surface area contributed by atoms with Crippen molar-refractivity contribution in [1.82, 2.24) is 5.32 Å². The standard InChI is InChI=1S/C15H24N2O/c1-3-17(14-6-4-5-13(2)11-14)9-7-15-12-16-8-10-18-15/h4-6,11,15-16H,3,7-10,12H2,1-2H3. The molecule has 0 spiro atoms. The summed E-state index contributed by atoms with van der Waals surface area (Å²) in [6, 6.07) is 8.72. The van der Waals surface area contributed by atoms with E-state index in [0.29, 0.717) is 6.10 Å². The molecule has 18 heavy (non-hydrogen) atoms. The second kappa shape index (κ2) is 6.76. The Morgan fingerprint density at radius 3 is 3.00 bits per heavy atom. The summed E-state index contributed by atoms with van der Waals surface area (Å²) < 4.78 is 5.74. The van der Waals surface area contributed by atoms with Gasteiger partial charge in [-0.25, -0.2) is 0 Å². The molecule has 1 aliphatic rings. The molecule has 1 aromatic rings. The Hall–Kier alpha value is -1.06. The lowest BCUT2D eigenvalue weighted by atomic mass is 10.1. The maximum atomic E-state index is 5.74. The first-order chi connectivity index (χ1) is 8.79. The molecule has 1 fully saturated rings. The van der Waals surface area contributed by atoms with Crippen LogP contribution in [0.2, 0.25) is 0 Å². The number of nitrogens with one attached hydrogen (secondary N) is 1. The first-order valence-electron chi connectivity index (χ1n) is 6.93. The van der Waals surface area contributed by atoms with Crippen LogP contribution in [0.5, 0.6) is 0 Å². The Morgan fingerprint density at radius 2 is 2.33 bits per heavy atom. The molecule has 0 aromatic heterocycles. The van der Waals surface area contributed by atoms with Crippen LogP contribution in [-0.4, -0.2) is 38.9 Å². The summed E-state index contributed by atoms with van der Waals surface area (Å²) in [7, 11) is 0. The van der Waals surface area contributed by atoms with E-state index in [2.05, 4.69) is 48.3 Å². The van der Waals surface area contributed by atoms with Crippen molar-refractivity contribution in [3.63, 3.8) is 0 Å². The van der Waals surface area contributed by atoms with Gasteiger partial charge in [-0.3, -0.25) is 0 Å². The van der Waals surface area contributed by atoms with Gasteiger partial charge >= 0.3 is 0 Å². The fourth-order valence-electron chi connectivity index (χ4n) is 2.40. The van der Waals surface area contributed by atoms with E-state index < -0.39 is 0 Å². The normalized spacial score (nSPS) is 19.8. The Kier molecular flexibility index (Phi) is 5.02. The fraction of sp³-hybridized carbons (Fsp3) is 0.600. The third kappa shape index (κ3) is 3.72. The minimum atomic E-state index is 0.373. The van der Waals surface area contributed by atoms with E-state index >= 15 is 0 Å². The molecule has 1 heterocycles. The van der Waals surface area contributed by atoms with Gasteiger partial charge in [-0.2, -0.15) is 0 Å². The Balaban J connectivity index is 1.88. The maximum absolute atomic E-state index is 5.74. The van der Waals surface area contributed by atoms with E-state index in [1.165, 1.54) is 11.3 Å². The minimum Gasteiger partial charge on any atom is -0.376 e. The van der Waals surface area contributed by atoms with E-state index in [0.717, 1.165) is 39.2 Å². The van der Waals surface area contributed by atoms with Crippen LogP contribution in [0, 0.1) is 6.92 Å². The number of hydrogen-bond acceptors (Lipinski definition) is 3. The van der Waals surface area contributed by atoms with Gasteiger partial charge in [0, 0.05) is 31.9 Å². The molecular weight excluding hydrogens is 224 g/mol. The molecule has 1 unspecified atom stereocenters. The zero-order valence-electron chi connectivity index (χ0n) is 11.5. The van der Waals surface area contributed by atoms with E-state index in [-0.39, 0.29) is 0 Å². The number of benzene rings is 1. The van der Waals surface area contributed by atoms with Gasteiger partial charge in [0.15, 0.2) is 0 Å². The van der Waals surface area contributed by atoms with Crippen molar-refractivity contribution < 1.29 is 4.74 Å². The molecule has 2 rings (SSSR count). The van der Waals surface area contributed by atoms with Gasteiger partial charge in [-0.15, -0.1) is 0 Å². The highest BCUT2D eigenvalue weighted by Crippen LogP contribution is 2.16. The molecule has 1 aliphatic heterocycles. The molecule has 0 bridgehead atoms. The number of rotatable bonds is 5. The molecule has 3 heteroatoms. The summed E-state index contributed by atoms with van der Waals surface area (Å²) in [5.41, 5.74) is 2.64. The number of aryl methyl sites for hydroxylation is 1. The summed E-state index contributed by atoms with van der Waals surface area (Å²) in [6.07, 6.45) is 1.46. The predicted octanol–water partition coefficient (Wildman–Crippen LogP) is 2.20. The lowest BCUT2D eigenvalue weighted by Crippen LogP contribution is -2.40. The minimum absolute atomic E-state index is 0.373. The molecular formula is C15H24N2O. The van der Waals surface area contributed by atoms with Gasteiger partial charge in [-0.05, 0) is 38.0 Å². The summed E-state index contributed by atoms with van der Waals surface area (Å²) in [5.74, 6) is 0. The summed E-state index contributed by atoms with van der Waals surface area (Å²) in [5, 5.41) is 3.38. The van der Waals surface area contributed by atoms with Crippen molar-refractivity contribution in [2.24, 2.45) is 0 Å². The van der Waals surface area contributed by atoms with E-state index in [4.69, 9.17) is 4.74 Å². The second-order valence-corrected chi connectivity index (χ2v) is 4.90. The highest BCUT2D eigenvalue weighted by molar-refractivity contribution is 5.48. The second-order valence-electron chi connectivity index (χ2n) is 4.90. The average molecular weight is 248 g/mol. The predicted molar refractivity (Wildman–Crippen MR) is 76.3 cm³/mol. The summed E-state index contributed by atoms with van der Waals surface area (Å²) >= 11 is 0. The van der Waals surface area contributed by atoms with Crippen LogP contribution in [-0.2, 0) is 4.74 Å². The topological polar surface area (TPSA) is 24.5 Å². The average Bonchev–Trinajstić information content (AvgIpc) is 2.41. The van der Waals surface area contributed by atoms with Crippen LogP contribution in [0.4, 0.5) is 5.69 Å². The van der Waals surface area contributed by atoms with Crippen LogP contribution < -0.4 is 10.2 Å². The lowest BCUT2D eigenvalue weighted by molar-refractivity contribution is 0.0249. The van der Waals surface area contributed by atoms with Crippen molar-refractivity contribution >= 4 is 5.69 Å². The first-order valence-corrected chi connectivity index (χ1v) is 6.93. The van der Waals surface area contributed by atoms with Crippen molar-refractivity contribution in [2.75, 3.05) is 37.7 Å². The molecule has 0 aliphatic carbocycles. The Labute approximate surface area is 110 Å². The number of ether oxygens (including phenoxy) is 1. The molecule has 0 saturated carbocycles. The Bertz CT molecular complexity index is 361. The highest BCUT2D eigenvalue weighted by Gasteiger charge is 2.14. The largest absolute Gasteiger partial charge is 0.376 e. The van der Waals surface area contributed by atoms with Gasteiger partial charge in [0.2, 0.25) is 0 Å². The first kappa shape index (κ1) is 13.4. The number of nitrogens with zero attached hydrogens (tertiary/aromatic N) is 1. The maximum Gasteiger partial charge on any atom is 0.0716 e.